The molecule has 1 aromatic heterocycles. The van der Waals surface area contributed by atoms with Crippen molar-refractivity contribution in [2.45, 2.75) is 39.3 Å². The summed E-state index contributed by atoms with van der Waals surface area (Å²) in [4.78, 5) is 4.11. The first kappa shape index (κ1) is 14.0. The van der Waals surface area contributed by atoms with Crippen LogP contribution in [0.25, 0.3) is 0 Å². The van der Waals surface area contributed by atoms with Crippen molar-refractivity contribution in [1.29, 1.82) is 0 Å². The van der Waals surface area contributed by atoms with Crippen molar-refractivity contribution in [3.05, 3.63) is 53.0 Å². The second-order valence-corrected chi connectivity index (χ2v) is 5.57. The quantitative estimate of drug-likeness (QED) is 0.905. The molecule has 0 unspecified atom stereocenters. The molecule has 0 atom stereocenters. The average molecular weight is 286 g/mol. The molecule has 0 bridgehead atoms. The molecule has 1 aliphatic carbocycles. The molecule has 1 N–H and O–H groups in total. The highest BCUT2D eigenvalue weighted by atomic mass is 19.1. The number of rotatable bonds is 5. The lowest BCUT2D eigenvalue weighted by molar-refractivity contribution is 0.445. The van der Waals surface area contributed by atoms with E-state index in [-0.39, 0.29) is 5.82 Å². The minimum atomic E-state index is -0.337. The van der Waals surface area contributed by atoms with Crippen LogP contribution in [-0.4, -0.2) is 11.0 Å². The maximum atomic E-state index is 13.4. The van der Waals surface area contributed by atoms with Gasteiger partial charge in [-0.05, 0) is 49.9 Å². The number of nitrogens with one attached hydrogen (secondary N) is 1. The third-order valence-electron chi connectivity index (χ3n) is 3.81. The van der Waals surface area contributed by atoms with E-state index in [9.17, 15) is 4.39 Å². The number of aromatic nitrogens is 1. The summed E-state index contributed by atoms with van der Waals surface area (Å²) in [5.74, 6) is 0.899. The van der Waals surface area contributed by atoms with Crippen LogP contribution in [0.2, 0.25) is 0 Å². The molecule has 0 saturated heterocycles. The van der Waals surface area contributed by atoms with Crippen LogP contribution in [0.5, 0.6) is 11.6 Å². The first-order chi connectivity index (χ1) is 10.1. The van der Waals surface area contributed by atoms with Gasteiger partial charge in [-0.2, -0.15) is 0 Å². The summed E-state index contributed by atoms with van der Waals surface area (Å²) in [5, 5.41) is 3.37. The molecule has 0 amide bonds. The molecule has 1 fully saturated rings. The summed E-state index contributed by atoms with van der Waals surface area (Å²) in [6.07, 6.45) is 3.58. The first-order valence-electron chi connectivity index (χ1n) is 7.25. The van der Waals surface area contributed by atoms with Gasteiger partial charge in [0.1, 0.15) is 11.6 Å². The van der Waals surface area contributed by atoms with Gasteiger partial charge in [-0.3, -0.25) is 0 Å². The highest BCUT2D eigenvalue weighted by Gasteiger charge is 2.21. The van der Waals surface area contributed by atoms with Crippen LogP contribution < -0.4 is 10.1 Å². The van der Waals surface area contributed by atoms with Gasteiger partial charge in [-0.1, -0.05) is 12.1 Å². The van der Waals surface area contributed by atoms with Crippen LogP contribution in [0.1, 0.15) is 29.5 Å². The molecule has 1 aliphatic rings. The van der Waals surface area contributed by atoms with Crippen molar-refractivity contribution >= 4 is 0 Å². The Labute approximate surface area is 124 Å². The van der Waals surface area contributed by atoms with Crippen LogP contribution in [0, 0.1) is 19.7 Å². The zero-order chi connectivity index (χ0) is 14.8. The predicted octanol–water partition coefficient (Wildman–Crippen LogP) is 3.88. The second-order valence-electron chi connectivity index (χ2n) is 5.57. The molecule has 21 heavy (non-hydrogen) atoms. The lowest BCUT2D eigenvalue weighted by Gasteiger charge is -2.13. The normalized spacial score (nSPS) is 14.2. The average Bonchev–Trinajstić information content (AvgIpc) is 3.28. The van der Waals surface area contributed by atoms with Crippen LogP contribution in [-0.2, 0) is 6.54 Å². The van der Waals surface area contributed by atoms with Crippen LogP contribution in [0.3, 0.4) is 0 Å². The third kappa shape index (κ3) is 3.39. The summed E-state index contributed by atoms with van der Waals surface area (Å²) in [5.41, 5.74) is 2.99. The Bertz CT molecular complexity index is 653. The number of hydrogen-bond donors (Lipinski definition) is 1. The number of benzene rings is 1. The van der Waals surface area contributed by atoms with E-state index in [4.69, 9.17) is 4.74 Å². The molecular formula is C17H19FN2O. The number of halogens is 1. The molecule has 110 valence electrons. The summed E-state index contributed by atoms with van der Waals surface area (Å²) in [6.45, 7) is 4.63. The fourth-order valence-electron chi connectivity index (χ4n) is 2.17. The van der Waals surface area contributed by atoms with Gasteiger partial charge in [0, 0.05) is 18.2 Å². The molecule has 3 nitrogen and oxygen atoms in total. The minimum Gasteiger partial charge on any atom is -0.438 e. The molecule has 3 rings (SSSR count). The minimum absolute atomic E-state index is 0.337. The maximum Gasteiger partial charge on any atom is 0.223 e. The van der Waals surface area contributed by atoms with Gasteiger partial charge in [0.05, 0.1) is 6.20 Å². The standard InChI is InChI=1S/C17H19FN2O/c1-11-4-3-5-16(12(11)2)21-17-13(8-14(18)10-20-17)9-19-15-6-7-15/h3-5,8,10,15,19H,6-7,9H2,1-2H3. The molecule has 0 aliphatic heterocycles. The summed E-state index contributed by atoms with van der Waals surface area (Å²) >= 11 is 0. The molecule has 0 spiro atoms. The topological polar surface area (TPSA) is 34.1 Å². The summed E-state index contributed by atoms with van der Waals surface area (Å²) in [7, 11) is 0. The SMILES string of the molecule is Cc1cccc(Oc2ncc(F)cc2CNC2CC2)c1C. The van der Waals surface area contributed by atoms with Gasteiger partial charge in [0.25, 0.3) is 0 Å². The Morgan fingerprint density at radius 2 is 2.14 bits per heavy atom. The first-order valence-corrected chi connectivity index (χ1v) is 7.25. The van der Waals surface area contributed by atoms with E-state index >= 15 is 0 Å². The molecule has 1 saturated carbocycles. The highest BCUT2D eigenvalue weighted by Crippen LogP contribution is 2.28. The van der Waals surface area contributed by atoms with Gasteiger partial charge >= 0.3 is 0 Å². The molecule has 1 heterocycles. The Balaban J connectivity index is 1.84. The van der Waals surface area contributed by atoms with E-state index in [0.29, 0.717) is 18.5 Å². The van der Waals surface area contributed by atoms with E-state index < -0.39 is 0 Å². The predicted molar refractivity (Wildman–Crippen MR) is 80.0 cm³/mol. The van der Waals surface area contributed by atoms with Crippen LogP contribution >= 0.6 is 0 Å². The van der Waals surface area contributed by atoms with E-state index in [0.717, 1.165) is 22.4 Å². The number of ether oxygens (including phenoxy) is 1. The van der Waals surface area contributed by atoms with Gasteiger partial charge in [0.15, 0.2) is 0 Å². The Kier molecular flexibility index (Phi) is 3.88. The van der Waals surface area contributed by atoms with Crippen molar-refractivity contribution in [1.82, 2.24) is 10.3 Å². The van der Waals surface area contributed by atoms with E-state index in [1.165, 1.54) is 25.1 Å². The fraction of sp³-hybridized carbons (Fsp3) is 0.353. The van der Waals surface area contributed by atoms with Gasteiger partial charge in [-0.15, -0.1) is 0 Å². The van der Waals surface area contributed by atoms with Crippen LogP contribution in [0.4, 0.5) is 4.39 Å². The fourth-order valence-corrected chi connectivity index (χ4v) is 2.17. The molecular weight excluding hydrogens is 267 g/mol. The monoisotopic (exact) mass is 286 g/mol. The van der Waals surface area contributed by atoms with Crippen molar-refractivity contribution < 1.29 is 9.13 Å². The Hall–Kier alpha value is -1.94. The van der Waals surface area contributed by atoms with Crippen molar-refractivity contribution in [3.8, 4) is 11.6 Å². The van der Waals surface area contributed by atoms with Gasteiger partial charge < -0.3 is 10.1 Å². The van der Waals surface area contributed by atoms with Gasteiger partial charge in [0.2, 0.25) is 5.88 Å². The number of aryl methyl sites for hydroxylation is 1. The van der Waals surface area contributed by atoms with E-state index in [1.807, 2.05) is 32.0 Å². The summed E-state index contributed by atoms with van der Waals surface area (Å²) in [6, 6.07) is 7.94. The Morgan fingerprint density at radius 1 is 1.33 bits per heavy atom. The second kappa shape index (κ2) is 5.82. The molecule has 0 radical (unpaired) electrons. The largest absolute Gasteiger partial charge is 0.438 e. The van der Waals surface area contributed by atoms with E-state index in [2.05, 4.69) is 10.3 Å². The number of nitrogens with zero attached hydrogens (tertiary/aromatic N) is 1. The molecule has 4 heteroatoms. The van der Waals surface area contributed by atoms with E-state index in [1.54, 1.807) is 0 Å². The number of hydrogen-bond acceptors (Lipinski definition) is 3. The smallest absolute Gasteiger partial charge is 0.223 e. The van der Waals surface area contributed by atoms with Crippen LogP contribution in [0.15, 0.2) is 30.5 Å². The number of pyridine rings is 1. The summed E-state index contributed by atoms with van der Waals surface area (Å²) < 4.78 is 19.3. The lowest BCUT2D eigenvalue weighted by atomic mass is 10.1. The zero-order valence-electron chi connectivity index (χ0n) is 12.3. The lowest BCUT2D eigenvalue weighted by Crippen LogP contribution is -2.16. The van der Waals surface area contributed by atoms with Crippen molar-refractivity contribution in [3.63, 3.8) is 0 Å². The van der Waals surface area contributed by atoms with Crippen molar-refractivity contribution in [2.24, 2.45) is 0 Å². The third-order valence-corrected chi connectivity index (χ3v) is 3.81. The van der Waals surface area contributed by atoms with Gasteiger partial charge in [-0.25, -0.2) is 9.37 Å². The highest BCUT2D eigenvalue weighted by molar-refractivity contribution is 5.41. The maximum absolute atomic E-state index is 13.4. The zero-order valence-corrected chi connectivity index (χ0v) is 12.3. The molecule has 2 aromatic rings. The van der Waals surface area contributed by atoms with Crippen molar-refractivity contribution in [2.75, 3.05) is 0 Å². The Morgan fingerprint density at radius 3 is 2.90 bits per heavy atom. The molecule has 1 aromatic carbocycles.